The van der Waals surface area contributed by atoms with E-state index in [1.54, 1.807) is 6.07 Å². The summed E-state index contributed by atoms with van der Waals surface area (Å²) in [5, 5.41) is 4.20. The molecule has 0 N–H and O–H groups in total. The maximum atomic E-state index is 8.73. The molecular formula is C68H64IrN4O-2. The molecular weight excluding hydrogens is 1080 g/mol. The zero-order chi connectivity index (χ0) is 53.5. The third-order valence-electron chi connectivity index (χ3n) is 15.9. The molecule has 7 aromatic carbocycles. The van der Waals surface area contributed by atoms with Crippen LogP contribution < -0.4 is 0 Å². The van der Waals surface area contributed by atoms with Crippen molar-refractivity contribution in [2.75, 3.05) is 0 Å². The van der Waals surface area contributed by atoms with E-state index in [0.717, 1.165) is 56.8 Å². The zero-order valence-electron chi connectivity index (χ0n) is 47.3. The maximum absolute atomic E-state index is 8.73. The Bertz CT molecular complexity index is 4070. The maximum Gasteiger partial charge on any atom is 0.216 e. The van der Waals surface area contributed by atoms with Gasteiger partial charge in [-0.05, 0) is 108 Å². The first kappa shape index (κ1) is 45.9. The molecule has 0 saturated heterocycles. The number of pyridine rings is 2. The summed E-state index contributed by atoms with van der Waals surface area (Å²) in [4.78, 5) is 15.1. The van der Waals surface area contributed by atoms with Gasteiger partial charge in [0.25, 0.3) is 0 Å². The number of fused-ring (bicyclic) bond motifs is 9. The number of para-hydroxylation sites is 2. The van der Waals surface area contributed by atoms with Crippen LogP contribution in [0.3, 0.4) is 0 Å². The third-order valence-corrected chi connectivity index (χ3v) is 15.9. The van der Waals surface area contributed by atoms with Crippen molar-refractivity contribution in [3.63, 3.8) is 0 Å². The molecule has 2 aliphatic carbocycles. The number of imidazole rings is 1. The molecule has 5 nitrogen and oxygen atoms in total. The first-order chi connectivity index (χ1) is 35.9. The van der Waals surface area contributed by atoms with Gasteiger partial charge in [0.15, 0.2) is 0 Å². The molecule has 4 aromatic heterocycles. The molecule has 74 heavy (non-hydrogen) atoms. The largest absolute Gasteiger partial charge is 0.486 e. The number of furan rings is 1. The van der Waals surface area contributed by atoms with Gasteiger partial charge in [-0.3, -0.25) is 4.98 Å². The molecule has 2 aliphatic rings. The third kappa shape index (κ3) is 7.86. The number of hydrogen-bond donors (Lipinski definition) is 0. The number of hydrogen-bond acceptors (Lipinski definition) is 4. The van der Waals surface area contributed by atoms with Gasteiger partial charge in [-0.25, -0.2) is 4.98 Å². The van der Waals surface area contributed by atoms with Crippen LogP contribution in [0.5, 0.6) is 0 Å². The SMILES string of the molecule is CC(C)(C)c1ccc(-c2[c-]cccc2)nc1.[2H]C([2H])([2H])c1c[c-]c(-c2nc3ccccc3n2-c2c3c(c(-c4ccccc4)c4c2C(C)(C)CC4(C)C)C(C)(C)CC3(C)C)c2oc3nc4c(ccc5ccccc54)cc3c12.[Ir]. The summed E-state index contributed by atoms with van der Waals surface area (Å²) in [6, 6.07) is 54.2. The van der Waals surface area contributed by atoms with Crippen molar-refractivity contribution < 1.29 is 28.6 Å². The average Bonchev–Trinajstić information content (AvgIpc) is 4.16. The Morgan fingerprint density at radius 1 is 0.649 bits per heavy atom. The summed E-state index contributed by atoms with van der Waals surface area (Å²) in [6.45, 7) is 23.5. The Hall–Kier alpha value is -6.72. The second-order valence-electron chi connectivity index (χ2n) is 24.3. The molecule has 13 rings (SSSR count). The van der Waals surface area contributed by atoms with E-state index in [9.17, 15) is 0 Å². The van der Waals surface area contributed by atoms with E-state index < -0.39 is 6.85 Å². The summed E-state index contributed by atoms with van der Waals surface area (Å²) < 4.78 is 35.5. The molecule has 4 heterocycles. The molecule has 373 valence electrons. The van der Waals surface area contributed by atoms with Crippen molar-refractivity contribution in [3.05, 3.63) is 191 Å². The molecule has 0 amide bonds. The van der Waals surface area contributed by atoms with Crippen LogP contribution in [0.2, 0.25) is 0 Å². The summed E-state index contributed by atoms with van der Waals surface area (Å²) in [6.07, 6.45) is 3.92. The molecule has 0 atom stereocenters. The van der Waals surface area contributed by atoms with E-state index in [1.165, 1.54) is 44.6 Å². The Morgan fingerprint density at radius 3 is 1.96 bits per heavy atom. The number of benzene rings is 7. The molecule has 6 heteroatoms. The van der Waals surface area contributed by atoms with Crippen molar-refractivity contribution in [1.82, 2.24) is 19.5 Å². The molecule has 0 fully saturated rings. The quantitative estimate of drug-likeness (QED) is 0.130. The van der Waals surface area contributed by atoms with Crippen LogP contribution in [0.25, 0.3) is 94.2 Å². The second-order valence-corrected chi connectivity index (χ2v) is 24.3. The van der Waals surface area contributed by atoms with Crippen molar-refractivity contribution in [1.29, 1.82) is 0 Å². The van der Waals surface area contributed by atoms with Gasteiger partial charge in [0, 0.05) is 52.3 Å². The Labute approximate surface area is 454 Å². The van der Waals surface area contributed by atoms with Gasteiger partial charge in [0.2, 0.25) is 5.71 Å². The van der Waals surface area contributed by atoms with Gasteiger partial charge >= 0.3 is 0 Å². The summed E-state index contributed by atoms with van der Waals surface area (Å²) in [5.41, 5.74) is 16.3. The summed E-state index contributed by atoms with van der Waals surface area (Å²) in [5.74, 6) is 0.672. The van der Waals surface area contributed by atoms with Crippen LogP contribution in [0, 0.1) is 19.0 Å². The Morgan fingerprint density at radius 2 is 1.30 bits per heavy atom. The molecule has 0 unspecified atom stereocenters. The van der Waals surface area contributed by atoms with Gasteiger partial charge in [-0.2, -0.15) is 0 Å². The van der Waals surface area contributed by atoms with E-state index >= 15 is 0 Å². The smallest absolute Gasteiger partial charge is 0.216 e. The monoisotopic (exact) mass is 1150 g/mol. The summed E-state index contributed by atoms with van der Waals surface area (Å²) in [7, 11) is 0. The first-order valence-electron chi connectivity index (χ1n) is 27.3. The molecule has 0 spiro atoms. The molecule has 0 bridgehead atoms. The van der Waals surface area contributed by atoms with Crippen molar-refractivity contribution in [2.45, 2.75) is 123 Å². The van der Waals surface area contributed by atoms with Gasteiger partial charge in [0.05, 0.1) is 28.0 Å². The van der Waals surface area contributed by atoms with Crippen LogP contribution in [-0.4, -0.2) is 19.5 Å². The molecule has 11 aromatic rings. The van der Waals surface area contributed by atoms with Gasteiger partial charge in [-0.1, -0.05) is 185 Å². The molecule has 1 radical (unpaired) electrons. The van der Waals surface area contributed by atoms with Crippen LogP contribution in [0.15, 0.2) is 150 Å². The van der Waals surface area contributed by atoms with Crippen molar-refractivity contribution in [2.24, 2.45) is 0 Å². The van der Waals surface area contributed by atoms with E-state index in [0.29, 0.717) is 33.5 Å². The fourth-order valence-electron chi connectivity index (χ4n) is 13.4. The minimum atomic E-state index is -2.43. The van der Waals surface area contributed by atoms with E-state index in [4.69, 9.17) is 18.5 Å². The van der Waals surface area contributed by atoms with Crippen LogP contribution >= 0.6 is 0 Å². The Balaban J connectivity index is 0.000000319. The summed E-state index contributed by atoms with van der Waals surface area (Å²) >= 11 is 0. The Kier molecular flexibility index (Phi) is 10.8. The second kappa shape index (κ2) is 17.4. The topological polar surface area (TPSA) is 56.7 Å². The average molecular weight is 1150 g/mol. The molecule has 0 aliphatic heterocycles. The number of nitrogens with zero attached hydrogens (tertiary/aromatic N) is 4. The minimum absolute atomic E-state index is 0. The molecule has 0 saturated carbocycles. The van der Waals surface area contributed by atoms with Crippen molar-refractivity contribution in [3.8, 4) is 39.5 Å². The number of rotatable bonds is 4. The number of aryl methyl sites for hydroxylation is 1. The predicted octanol–water partition coefficient (Wildman–Crippen LogP) is 17.8. The van der Waals surface area contributed by atoms with E-state index in [-0.39, 0.29) is 52.7 Å². The fourth-order valence-corrected chi connectivity index (χ4v) is 13.4. The zero-order valence-corrected chi connectivity index (χ0v) is 46.7. The van der Waals surface area contributed by atoms with Gasteiger partial charge < -0.3 is 14.0 Å². The van der Waals surface area contributed by atoms with Gasteiger partial charge in [0.1, 0.15) is 0 Å². The van der Waals surface area contributed by atoms with Crippen molar-refractivity contribution >= 4 is 54.8 Å². The van der Waals surface area contributed by atoms with Crippen LogP contribution in [0.4, 0.5) is 0 Å². The first-order valence-corrected chi connectivity index (χ1v) is 25.8. The fraction of sp³-hybridized carbons (Fsp3) is 0.279. The van der Waals surface area contributed by atoms with E-state index in [2.05, 4.69) is 183 Å². The normalized spacial score (nSPS) is 16.8. The predicted molar refractivity (Wildman–Crippen MR) is 304 cm³/mol. The van der Waals surface area contributed by atoms with E-state index in [1.807, 2.05) is 54.7 Å². The van der Waals surface area contributed by atoms with Crippen LogP contribution in [-0.2, 0) is 47.2 Å². The number of aromatic nitrogens is 4. The standard InChI is InChI=1S/C53H48N3O.C15H16N.Ir/c1-30-23-26-35(47-39(30)36-27-33-25-24-31-17-13-14-20-34(31)45(33)55-49(36)57-47)48-54-37-21-15-16-22-38(37)56(48)46-43-41(50(2,3)28-52(43,6)7)40(32-18-11-10-12-19-32)42-44(46)53(8,9)29-51(42,4)5;1-15(2,3)13-9-10-14(16-11-13)12-7-5-4-6-8-12;/h10-25,27H,28-29H2,1-9H3;4-7,9-11H,1-3H3;/q2*-1;/i1D3;;. The minimum Gasteiger partial charge on any atom is -0.486 e. The van der Waals surface area contributed by atoms with Crippen LogP contribution in [0.1, 0.15) is 126 Å². The van der Waals surface area contributed by atoms with Gasteiger partial charge in [-0.15, -0.1) is 53.6 Å².